The van der Waals surface area contributed by atoms with Gasteiger partial charge in [0.2, 0.25) is 0 Å². The van der Waals surface area contributed by atoms with E-state index >= 15 is 0 Å². The number of fused-ring (bicyclic) bond motifs is 1. The molecule has 3 amide bonds. The molecule has 2 unspecified atom stereocenters. The number of rotatable bonds is 2. The van der Waals surface area contributed by atoms with Gasteiger partial charge >= 0.3 is 6.03 Å². The molecule has 8 heteroatoms. The molecule has 0 saturated carbocycles. The van der Waals surface area contributed by atoms with Gasteiger partial charge in [0, 0.05) is 37.7 Å². The van der Waals surface area contributed by atoms with E-state index in [4.69, 9.17) is 4.74 Å². The number of halogens is 2. The molecule has 3 heterocycles. The fourth-order valence-corrected chi connectivity index (χ4v) is 4.94. The highest BCUT2D eigenvalue weighted by Crippen LogP contribution is 2.47. The highest BCUT2D eigenvalue weighted by atomic mass is 19.1. The van der Waals surface area contributed by atoms with Crippen LogP contribution in [-0.2, 0) is 9.53 Å². The number of hydrogen-bond acceptors (Lipinski definition) is 3. The third-order valence-corrected chi connectivity index (χ3v) is 6.47. The Morgan fingerprint density at radius 1 is 1.03 bits per heavy atom. The number of likely N-dealkylation sites (tertiary alicyclic amines) is 1. The number of anilines is 1. The Bertz CT molecular complexity index is 988. The Kier molecular flexibility index (Phi) is 4.89. The molecule has 3 aliphatic rings. The number of carbonyl (C=O) groups is 2. The number of urea groups is 1. The topological polar surface area (TPSA) is 61.9 Å². The van der Waals surface area contributed by atoms with Crippen molar-refractivity contribution in [2.45, 2.75) is 43.6 Å². The molecule has 2 aromatic rings. The number of ether oxygens (including phenoxy) is 1. The number of hydrogen-bond donors (Lipinski definition) is 1. The Morgan fingerprint density at radius 2 is 1.71 bits per heavy atom. The lowest BCUT2D eigenvalue weighted by molar-refractivity contribution is -0.142. The number of piperidine rings is 1. The van der Waals surface area contributed by atoms with Crippen molar-refractivity contribution in [3.63, 3.8) is 0 Å². The van der Waals surface area contributed by atoms with Gasteiger partial charge in [0.05, 0.1) is 6.04 Å². The van der Waals surface area contributed by atoms with Crippen LogP contribution in [0.2, 0.25) is 0 Å². The summed E-state index contributed by atoms with van der Waals surface area (Å²) in [5, 5.41) is 2.86. The molecule has 2 atom stereocenters. The first-order valence-electron chi connectivity index (χ1n) is 10.5. The lowest BCUT2D eigenvalue weighted by Gasteiger charge is -2.37. The number of carbonyl (C=O) groups excluding carboxylic acids is 2. The average Bonchev–Trinajstić information content (AvgIpc) is 3.27. The first-order valence-corrected chi connectivity index (χ1v) is 10.5. The quantitative estimate of drug-likeness (QED) is 0.787. The summed E-state index contributed by atoms with van der Waals surface area (Å²) in [4.78, 5) is 29.3. The van der Waals surface area contributed by atoms with Gasteiger partial charge in [-0.3, -0.25) is 4.79 Å². The molecule has 5 rings (SSSR count). The van der Waals surface area contributed by atoms with Crippen LogP contribution in [0.25, 0.3) is 0 Å². The maximum absolute atomic E-state index is 13.7. The predicted octanol–water partition coefficient (Wildman–Crippen LogP) is 4.05. The molecule has 3 fully saturated rings. The summed E-state index contributed by atoms with van der Waals surface area (Å²) in [6.07, 6.45) is 1.61. The van der Waals surface area contributed by atoms with E-state index in [9.17, 15) is 18.4 Å². The van der Waals surface area contributed by atoms with E-state index in [0.717, 1.165) is 6.07 Å². The molecule has 162 valence electrons. The summed E-state index contributed by atoms with van der Waals surface area (Å²) in [5.41, 5.74) is 0.194. The zero-order valence-electron chi connectivity index (χ0n) is 16.9. The van der Waals surface area contributed by atoms with E-state index in [2.05, 4.69) is 5.32 Å². The number of nitrogens with zero attached hydrogens (tertiary/aromatic N) is 2. The van der Waals surface area contributed by atoms with Gasteiger partial charge in [-0.1, -0.05) is 18.2 Å². The molecule has 31 heavy (non-hydrogen) atoms. The molecule has 6 nitrogen and oxygen atoms in total. The lowest BCUT2D eigenvalue weighted by Crippen LogP contribution is -2.52. The van der Waals surface area contributed by atoms with Crippen molar-refractivity contribution in [3.8, 4) is 0 Å². The fourth-order valence-electron chi connectivity index (χ4n) is 4.94. The van der Waals surface area contributed by atoms with Gasteiger partial charge in [0.25, 0.3) is 5.91 Å². The molecule has 1 spiro atoms. The van der Waals surface area contributed by atoms with E-state index in [1.807, 2.05) is 30.3 Å². The standard InChI is InChI=1S/C23H23F2N3O3/c24-16-12-15(13-17(25)14-16)19-6-7-20-28(19)21(29)23(31-20)8-10-27(11-9-23)22(30)26-18-4-2-1-3-5-18/h1-5,12-14,19-20H,6-11H2,(H,26,30). The minimum Gasteiger partial charge on any atom is -0.342 e. The van der Waals surface area contributed by atoms with Crippen LogP contribution in [0.5, 0.6) is 0 Å². The zero-order chi connectivity index (χ0) is 21.6. The summed E-state index contributed by atoms with van der Waals surface area (Å²) < 4.78 is 33.7. The van der Waals surface area contributed by atoms with Crippen LogP contribution >= 0.6 is 0 Å². The Morgan fingerprint density at radius 3 is 2.39 bits per heavy atom. The van der Waals surface area contributed by atoms with Crippen molar-refractivity contribution >= 4 is 17.6 Å². The zero-order valence-corrected chi connectivity index (χ0v) is 16.9. The minimum atomic E-state index is -0.973. The van der Waals surface area contributed by atoms with E-state index in [1.165, 1.54) is 12.1 Å². The minimum absolute atomic E-state index is 0.146. The van der Waals surface area contributed by atoms with Crippen LogP contribution in [0, 0.1) is 11.6 Å². The normalized spacial score (nSPS) is 24.5. The second-order valence-corrected chi connectivity index (χ2v) is 8.36. The third kappa shape index (κ3) is 3.54. The largest absolute Gasteiger partial charge is 0.342 e. The van der Waals surface area contributed by atoms with Crippen molar-refractivity contribution in [2.24, 2.45) is 0 Å². The predicted molar refractivity (Wildman–Crippen MR) is 109 cm³/mol. The van der Waals surface area contributed by atoms with Crippen molar-refractivity contribution in [1.82, 2.24) is 9.80 Å². The Balaban J connectivity index is 1.27. The van der Waals surface area contributed by atoms with Crippen LogP contribution in [0.4, 0.5) is 19.3 Å². The highest BCUT2D eigenvalue weighted by molar-refractivity contribution is 5.91. The van der Waals surface area contributed by atoms with Crippen LogP contribution in [0.3, 0.4) is 0 Å². The van der Waals surface area contributed by atoms with Crippen molar-refractivity contribution in [3.05, 3.63) is 65.7 Å². The van der Waals surface area contributed by atoms with Gasteiger partial charge in [0.15, 0.2) is 5.60 Å². The molecule has 3 saturated heterocycles. The molecule has 1 N–H and O–H groups in total. The second-order valence-electron chi connectivity index (χ2n) is 8.36. The van der Waals surface area contributed by atoms with Gasteiger partial charge in [-0.15, -0.1) is 0 Å². The molecular formula is C23H23F2N3O3. The highest BCUT2D eigenvalue weighted by Gasteiger charge is 2.58. The van der Waals surface area contributed by atoms with Crippen LogP contribution < -0.4 is 5.32 Å². The molecule has 0 aromatic heterocycles. The van der Waals surface area contributed by atoms with Gasteiger partial charge < -0.3 is 19.9 Å². The van der Waals surface area contributed by atoms with E-state index in [0.29, 0.717) is 50.0 Å². The van der Waals surface area contributed by atoms with Crippen molar-refractivity contribution in [1.29, 1.82) is 0 Å². The summed E-state index contributed by atoms with van der Waals surface area (Å²) in [5.74, 6) is -1.45. The molecule has 2 aromatic carbocycles. The SMILES string of the molecule is O=C(Nc1ccccc1)N1CCC2(CC1)OC1CCC(c3cc(F)cc(F)c3)N1C2=O. The average molecular weight is 427 g/mol. The number of benzene rings is 2. The molecule has 3 aliphatic heterocycles. The molecule has 0 bridgehead atoms. The molecule has 0 aliphatic carbocycles. The Hall–Kier alpha value is -3.00. The summed E-state index contributed by atoms with van der Waals surface area (Å²) in [7, 11) is 0. The molecule has 0 radical (unpaired) electrons. The lowest BCUT2D eigenvalue weighted by atomic mass is 9.89. The maximum atomic E-state index is 13.7. The number of amides is 3. The van der Waals surface area contributed by atoms with Crippen LogP contribution in [0.15, 0.2) is 48.5 Å². The Labute approximate surface area is 178 Å². The summed E-state index contributed by atoms with van der Waals surface area (Å²) in [6, 6.07) is 12.0. The van der Waals surface area contributed by atoms with Crippen molar-refractivity contribution in [2.75, 3.05) is 18.4 Å². The smallest absolute Gasteiger partial charge is 0.321 e. The van der Waals surface area contributed by atoms with Gasteiger partial charge in [-0.05, 0) is 42.7 Å². The third-order valence-electron chi connectivity index (χ3n) is 6.47. The monoisotopic (exact) mass is 427 g/mol. The number of para-hydroxylation sites is 1. The summed E-state index contributed by atoms with van der Waals surface area (Å²) in [6.45, 7) is 0.786. The number of nitrogens with one attached hydrogen (secondary N) is 1. The van der Waals surface area contributed by atoms with Gasteiger partial charge in [-0.2, -0.15) is 0 Å². The van der Waals surface area contributed by atoms with E-state index < -0.39 is 29.5 Å². The second kappa shape index (κ2) is 7.60. The molecular weight excluding hydrogens is 404 g/mol. The van der Waals surface area contributed by atoms with Gasteiger partial charge in [0.1, 0.15) is 17.9 Å². The first-order chi connectivity index (χ1) is 14.9. The van der Waals surface area contributed by atoms with Crippen LogP contribution in [-0.4, -0.2) is 46.7 Å². The summed E-state index contributed by atoms with van der Waals surface area (Å²) >= 11 is 0. The van der Waals surface area contributed by atoms with Gasteiger partial charge in [-0.25, -0.2) is 13.6 Å². The van der Waals surface area contributed by atoms with Crippen LogP contribution in [0.1, 0.15) is 37.3 Å². The van der Waals surface area contributed by atoms with E-state index in [-0.39, 0.29) is 11.9 Å². The maximum Gasteiger partial charge on any atom is 0.321 e. The van der Waals surface area contributed by atoms with Crippen molar-refractivity contribution < 1.29 is 23.1 Å². The first kappa shape index (κ1) is 19.9. The fraction of sp³-hybridized carbons (Fsp3) is 0.391. The van der Waals surface area contributed by atoms with E-state index in [1.54, 1.807) is 9.80 Å².